The summed E-state index contributed by atoms with van der Waals surface area (Å²) in [6, 6.07) is 14.7. The van der Waals surface area contributed by atoms with Gasteiger partial charge in [-0.1, -0.05) is 41.4 Å². The molecule has 5 nitrogen and oxygen atoms in total. The topological polar surface area (TPSA) is 64.6 Å². The molecule has 1 amide bonds. The largest absolute Gasteiger partial charge is 0.482 e. The lowest BCUT2D eigenvalue weighted by Crippen LogP contribution is -2.31. The van der Waals surface area contributed by atoms with Gasteiger partial charge in [0.05, 0.1) is 0 Å². The van der Waals surface area contributed by atoms with Crippen molar-refractivity contribution in [3.05, 3.63) is 64.7 Å². The summed E-state index contributed by atoms with van der Waals surface area (Å²) in [4.78, 5) is 23.2. The van der Waals surface area contributed by atoms with E-state index in [0.29, 0.717) is 23.7 Å². The third kappa shape index (κ3) is 7.27. The van der Waals surface area contributed by atoms with Gasteiger partial charge in [-0.05, 0) is 43.2 Å². The summed E-state index contributed by atoms with van der Waals surface area (Å²) in [5.41, 5.74) is 2.17. The number of ether oxygens (including phenoxy) is 2. The van der Waals surface area contributed by atoms with Gasteiger partial charge in [-0.25, -0.2) is 4.79 Å². The summed E-state index contributed by atoms with van der Waals surface area (Å²) in [6.07, 6.45) is 0.674. The van der Waals surface area contributed by atoms with E-state index >= 15 is 0 Å². The maximum Gasteiger partial charge on any atom is 0.344 e. The molecule has 6 heteroatoms. The summed E-state index contributed by atoms with van der Waals surface area (Å²) in [5.74, 6) is -0.360. The molecule has 0 heterocycles. The van der Waals surface area contributed by atoms with Crippen LogP contribution in [-0.2, 0) is 20.7 Å². The van der Waals surface area contributed by atoms with E-state index < -0.39 is 5.97 Å². The van der Waals surface area contributed by atoms with Crippen molar-refractivity contribution in [2.24, 2.45) is 0 Å². The fraction of sp³-hybridized carbons (Fsp3) is 0.263. The monoisotopic (exact) mass is 361 g/mol. The average molecular weight is 362 g/mol. The van der Waals surface area contributed by atoms with Crippen LogP contribution in [0.3, 0.4) is 0 Å². The number of nitrogens with one attached hydrogen (secondary N) is 1. The van der Waals surface area contributed by atoms with Gasteiger partial charge in [0.15, 0.2) is 13.2 Å². The quantitative estimate of drug-likeness (QED) is 0.734. The Kier molecular flexibility index (Phi) is 7.29. The highest BCUT2D eigenvalue weighted by molar-refractivity contribution is 6.30. The molecule has 2 aromatic rings. The van der Waals surface area contributed by atoms with Crippen LogP contribution in [0.2, 0.25) is 5.02 Å². The van der Waals surface area contributed by atoms with Crippen molar-refractivity contribution < 1.29 is 19.1 Å². The number of aryl methyl sites for hydroxylation is 1. The van der Waals surface area contributed by atoms with E-state index in [0.717, 1.165) is 11.1 Å². The predicted octanol–water partition coefficient (Wildman–Crippen LogP) is 2.93. The zero-order valence-corrected chi connectivity index (χ0v) is 14.7. The fourth-order valence-corrected chi connectivity index (χ4v) is 2.14. The first-order valence-electron chi connectivity index (χ1n) is 7.89. The molecular formula is C19H20ClNO4. The van der Waals surface area contributed by atoms with Crippen LogP contribution in [0, 0.1) is 6.92 Å². The van der Waals surface area contributed by atoms with Crippen LogP contribution in [0.15, 0.2) is 48.5 Å². The summed E-state index contributed by atoms with van der Waals surface area (Å²) in [7, 11) is 0. The zero-order valence-electron chi connectivity index (χ0n) is 14.0. The molecule has 25 heavy (non-hydrogen) atoms. The number of esters is 1. The van der Waals surface area contributed by atoms with E-state index in [4.69, 9.17) is 21.1 Å². The minimum absolute atomic E-state index is 0.235. The van der Waals surface area contributed by atoms with E-state index in [2.05, 4.69) is 5.32 Å². The van der Waals surface area contributed by atoms with Crippen LogP contribution in [0.25, 0.3) is 0 Å². The molecule has 2 aromatic carbocycles. The minimum Gasteiger partial charge on any atom is -0.482 e. The molecule has 0 unspecified atom stereocenters. The summed E-state index contributed by atoms with van der Waals surface area (Å²) in [6.45, 7) is 1.86. The second-order valence-corrected chi connectivity index (χ2v) is 5.93. The number of rotatable bonds is 8. The third-order valence-corrected chi connectivity index (χ3v) is 3.64. The number of carbonyl (C=O) groups is 2. The Hall–Kier alpha value is -2.53. The summed E-state index contributed by atoms with van der Waals surface area (Å²) >= 11 is 5.81. The Bertz CT molecular complexity index is 698. The van der Waals surface area contributed by atoms with Crippen LogP contribution in [-0.4, -0.2) is 31.6 Å². The molecule has 0 saturated carbocycles. The van der Waals surface area contributed by atoms with Crippen molar-refractivity contribution >= 4 is 23.5 Å². The van der Waals surface area contributed by atoms with Crippen molar-refractivity contribution in [3.8, 4) is 5.75 Å². The average Bonchev–Trinajstić information content (AvgIpc) is 2.61. The lowest BCUT2D eigenvalue weighted by atomic mass is 10.1. The Morgan fingerprint density at radius 1 is 1.00 bits per heavy atom. The molecule has 1 N–H and O–H groups in total. The molecule has 0 fully saturated rings. The van der Waals surface area contributed by atoms with E-state index in [1.807, 2.05) is 31.2 Å². The lowest BCUT2D eigenvalue weighted by Gasteiger charge is -2.08. The highest BCUT2D eigenvalue weighted by Gasteiger charge is 2.08. The SMILES string of the molecule is Cc1ccc(OCC(=O)OCC(=O)NCCc2ccc(Cl)cc2)cc1. The first-order valence-corrected chi connectivity index (χ1v) is 8.27. The molecule has 0 atom stereocenters. The van der Waals surface area contributed by atoms with E-state index in [1.54, 1.807) is 24.3 Å². The standard InChI is InChI=1S/C19H20ClNO4/c1-14-2-8-17(9-3-14)24-13-19(23)25-12-18(22)21-11-10-15-4-6-16(20)7-5-15/h2-9H,10-13H2,1H3,(H,21,22). The van der Waals surface area contributed by atoms with Crippen LogP contribution in [0.1, 0.15) is 11.1 Å². The van der Waals surface area contributed by atoms with Gasteiger partial charge in [-0.3, -0.25) is 4.79 Å². The first-order chi connectivity index (χ1) is 12.0. The summed E-state index contributed by atoms with van der Waals surface area (Å²) < 4.78 is 10.2. The zero-order chi connectivity index (χ0) is 18.1. The van der Waals surface area contributed by atoms with Crippen LogP contribution >= 0.6 is 11.6 Å². The van der Waals surface area contributed by atoms with Gasteiger partial charge in [0, 0.05) is 11.6 Å². The maximum absolute atomic E-state index is 11.7. The molecule has 0 bridgehead atoms. The molecule has 0 aromatic heterocycles. The second kappa shape index (κ2) is 9.69. The molecule has 0 saturated heterocycles. The van der Waals surface area contributed by atoms with Gasteiger partial charge in [-0.15, -0.1) is 0 Å². The Morgan fingerprint density at radius 2 is 1.68 bits per heavy atom. The third-order valence-electron chi connectivity index (χ3n) is 3.39. The van der Waals surface area contributed by atoms with Gasteiger partial charge in [-0.2, -0.15) is 0 Å². The maximum atomic E-state index is 11.7. The number of carbonyl (C=O) groups excluding carboxylic acids is 2. The van der Waals surface area contributed by atoms with Crippen molar-refractivity contribution in [3.63, 3.8) is 0 Å². The Labute approximate surface area is 151 Å². The molecule has 0 radical (unpaired) electrons. The van der Waals surface area contributed by atoms with E-state index in [9.17, 15) is 9.59 Å². The Balaban J connectivity index is 1.59. The normalized spacial score (nSPS) is 10.2. The van der Waals surface area contributed by atoms with E-state index in [1.165, 1.54) is 0 Å². The number of benzene rings is 2. The van der Waals surface area contributed by atoms with Crippen LogP contribution in [0.4, 0.5) is 0 Å². The van der Waals surface area contributed by atoms with Gasteiger partial charge >= 0.3 is 5.97 Å². The predicted molar refractivity (Wildman–Crippen MR) is 95.8 cm³/mol. The number of hydrogen-bond donors (Lipinski definition) is 1. The molecule has 132 valence electrons. The summed E-state index contributed by atoms with van der Waals surface area (Å²) in [5, 5.41) is 3.36. The number of hydrogen-bond acceptors (Lipinski definition) is 4. The highest BCUT2D eigenvalue weighted by Crippen LogP contribution is 2.11. The minimum atomic E-state index is -0.589. The van der Waals surface area contributed by atoms with Crippen LogP contribution in [0.5, 0.6) is 5.75 Å². The van der Waals surface area contributed by atoms with Gasteiger partial charge in [0.2, 0.25) is 0 Å². The second-order valence-electron chi connectivity index (χ2n) is 5.49. The lowest BCUT2D eigenvalue weighted by molar-refractivity contribution is -0.150. The molecule has 0 aliphatic heterocycles. The smallest absolute Gasteiger partial charge is 0.344 e. The number of amides is 1. The van der Waals surface area contributed by atoms with Crippen molar-refractivity contribution in [2.45, 2.75) is 13.3 Å². The fourth-order valence-electron chi connectivity index (χ4n) is 2.01. The van der Waals surface area contributed by atoms with Gasteiger partial charge in [0.1, 0.15) is 5.75 Å². The molecule has 0 aliphatic rings. The number of halogens is 1. The molecule has 0 spiro atoms. The molecule has 2 rings (SSSR count). The first kappa shape index (κ1) is 18.8. The van der Waals surface area contributed by atoms with E-state index in [-0.39, 0.29) is 19.1 Å². The van der Waals surface area contributed by atoms with Gasteiger partial charge in [0.25, 0.3) is 5.91 Å². The Morgan fingerprint density at radius 3 is 2.36 bits per heavy atom. The molecule has 0 aliphatic carbocycles. The van der Waals surface area contributed by atoms with Crippen molar-refractivity contribution in [2.75, 3.05) is 19.8 Å². The van der Waals surface area contributed by atoms with Gasteiger partial charge < -0.3 is 14.8 Å². The molecular weight excluding hydrogens is 342 g/mol. The van der Waals surface area contributed by atoms with Crippen molar-refractivity contribution in [1.29, 1.82) is 0 Å². The van der Waals surface area contributed by atoms with Crippen LogP contribution < -0.4 is 10.1 Å². The van der Waals surface area contributed by atoms with Crippen molar-refractivity contribution in [1.82, 2.24) is 5.32 Å². The highest BCUT2D eigenvalue weighted by atomic mass is 35.5.